The molecule has 0 aliphatic carbocycles. The minimum Gasteiger partial charge on any atom is -0.387 e. The molecule has 11 heavy (non-hydrogen) atoms. The van der Waals surface area contributed by atoms with E-state index < -0.39 is 6.10 Å². The summed E-state index contributed by atoms with van der Waals surface area (Å²) in [7, 11) is 0. The quantitative estimate of drug-likeness (QED) is 0.722. The van der Waals surface area contributed by atoms with Crippen LogP contribution < -0.4 is 0 Å². The first-order valence-electron chi connectivity index (χ1n) is 3.87. The summed E-state index contributed by atoms with van der Waals surface area (Å²) in [5.74, 6) is 0.850. The lowest BCUT2D eigenvalue weighted by molar-refractivity contribution is 0.187. The number of hydrogen-bond acceptors (Lipinski definition) is 3. The fourth-order valence-electron chi connectivity index (χ4n) is 0.890. The van der Waals surface area contributed by atoms with Crippen molar-refractivity contribution in [3.05, 3.63) is 17.5 Å². The molecule has 1 atom stereocenters. The molecule has 1 heterocycles. The lowest BCUT2D eigenvalue weighted by atomic mass is 10.2. The monoisotopic (exact) mass is 155 g/mol. The van der Waals surface area contributed by atoms with E-state index >= 15 is 0 Å². The Morgan fingerprint density at radius 2 is 2.45 bits per heavy atom. The van der Waals surface area contributed by atoms with Gasteiger partial charge in [0.1, 0.15) is 11.5 Å². The summed E-state index contributed by atoms with van der Waals surface area (Å²) in [6.07, 6.45) is 1.40. The van der Waals surface area contributed by atoms with E-state index in [1.807, 2.05) is 0 Å². The average molecular weight is 155 g/mol. The van der Waals surface area contributed by atoms with Crippen LogP contribution in [0.25, 0.3) is 0 Å². The molecule has 0 bridgehead atoms. The Morgan fingerprint density at radius 3 is 2.91 bits per heavy atom. The molecule has 3 nitrogen and oxygen atoms in total. The lowest BCUT2D eigenvalue weighted by Gasteiger charge is -1.92. The fourth-order valence-corrected chi connectivity index (χ4v) is 0.890. The first-order valence-corrected chi connectivity index (χ1v) is 3.87. The van der Waals surface area contributed by atoms with Crippen LogP contribution in [0.5, 0.6) is 0 Å². The van der Waals surface area contributed by atoms with Crippen LogP contribution in [0.3, 0.4) is 0 Å². The molecule has 0 unspecified atom stereocenters. The number of aliphatic hydroxyl groups is 1. The van der Waals surface area contributed by atoms with Crippen molar-refractivity contribution in [1.29, 1.82) is 0 Å². The number of aliphatic hydroxyl groups excluding tert-OH is 1. The third-order valence-corrected chi connectivity index (χ3v) is 1.50. The summed E-state index contributed by atoms with van der Waals surface area (Å²) in [4.78, 5) is 0. The molecule has 0 saturated heterocycles. The van der Waals surface area contributed by atoms with Crippen molar-refractivity contribution in [2.75, 3.05) is 0 Å². The van der Waals surface area contributed by atoms with Crippen LogP contribution in [0.4, 0.5) is 0 Å². The van der Waals surface area contributed by atoms with E-state index in [4.69, 9.17) is 9.63 Å². The molecule has 1 aromatic heterocycles. The maximum Gasteiger partial charge on any atom is 0.137 e. The van der Waals surface area contributed by atoms with Gasteiger partial charge in [-0.25, -0.2) is 0 Å². The Kier molecular flexibility index (Phi) is 2.65. The normalized spacial score (nSPS) is 13.4. The van der Waals surface area contributed by atoms with Crippen LogP contribution >= 0.6 is 0 Å². The molecule has 0 amide bonds. The van der Waals surface area contributed by atoms with Gasteiger partial charge in [0.15, 0.2) is 0 Å². The zero-order chi connectivity index (χ0) is 8.27. The van der Waals surface area contributed by atoms with Gasteiger partial charge in [-0.3, -0.25) is 0 Å². The highest BCUT2D eigenvalue weighted by Crippen LogP contribution is 2.12. The summed E-state index contributed by atoms with van der Waals surface area (Å²) < 4.78 is 4.96. The minimum atomic E-state index is -0.524. The van der Waals surface area contributed by atoms with Gasteiger partial charge in [-0.1, -0.05) is 12.1 Å². The molecule has 0 aliphatic heterocycles. The number of nitrogens with zero attached hydrogens (tertiary/aromatic N) is 1. The molecule has 0 aromatic carbocycles. The standard InChI is InChI=1S/C8H13NO2/c1-3-4-7-5-8(6(2)10)9-11-7/h5-6,10H,3-4H2,1-2H3/t6-/m0/s1. The van der Waals surface area contributed by atoms with Crippen LogP contribution in [0.2, 0.25) is 0 Å². The SMILES string of the molecule is CCCc1cc([C@H](C)O)no1. The van der Waals surface area contributed by atoms with Gasteiger partial charge in [-0.2, -0.15) is 0 Å². The molecule has 0 radical (unpaired) electrons. The van der Waals surface area contributed by atoms with E-state index in [1.54, 1.807) is 13.0 Å². The van der Waals surface area contributed by atoms with Crippen molar-refractivity contribution < 1.29 is 9.63 Å². The van der Waals surface area contributed by atoms with Gasteiger partial charge in [0.2, 0.25) is 0 Å². The highest BCUT2D eigenvalue weighted by atomic mass is 16.5. The third-order valence-electron chi connectivity index (χ3n) is 1.50. The fraction of sp³-hybridized carbons (Fsp3) is 0.625. The van der Waals surface area contributed by atoms with Crippen LogP contribution in [0.15, 0.2) is 10.6 Å². The van der Waals surface area contributed by atoms with Crippen LogP contribution in [0.1, 0.15) is 37.8 Å². The lowest BCUT2D eigenvalue weighted by Crippen LogP contribution is -1.88. The molecule has 1 N–H and O–H groups in total. The number of aryl methyl sites for hydroxylation is 1. The van der Waals surface area contributed by atoms with E-state index in [0.29, 0.717) is 5.69 Å². The van der Waals surface area contributed by atoms with Gasteiger partial charge in [-0.15, -0.1) is 0 Å². The molecular weight excluding hydrogens is 142 g/mol. The molecule has 0 spiro atoms. The second-order valence-corrected chi connectivity index (χ2v) is 2.64. The zero-order valence-electron chi connectivity index (χ0n) is 6.87. The second kappa shape index (κ2) is 3.53. The smallest absolute Gasteiger partial charge is 0.137 e. The summed E-state index contributed by atoms with van der Waals surface area (Å²) in [6, 6.07) is 1.80. The summed E-state index contributed by atoms with van der Waals surface area (Å²) in [6.45, 7) is 3.75. The molecular formula is C8H13NO2. The van der Waals surface area contributed by atoms with Crippen molar-refractivity contribution in [3.8, 4) is 0 Å². The minimum absolute atomic E-state index is 0.524. The number of aromatic nitrogens is 1. The average Bonchev–Trinajstić information content (AvgIpc) is 2.37. The Hall–Kier alpha value is -0.830. The predicted octanol–water partition coefficient (Wildman–Crippen LogP) is 1.68. The molecule has 3 heteroatoms. The highest BCUT2D eigenvalue weighted by molar-refractivity contribution is 5.07. The van der Waals surface area contributed by atoms with E-state index in [-0.39, 0.29) is 0 Å². The van der Waals surface area contributed by atoms with E-state index in [9.17, 15) is 0 Å². The maximum atomic E-state index is 9.08. The molecule has 1 rings (SSSR count). The Morgan fingerprint density at radius 1 is 1.73 bits per heavy atom. The Labute approximate surface area is 66.0 Å². The van der Waals surface area contributed by atoms with Gasteiger partial charge in [0.05, 0.1) is 6.10 Å². The zero-order valence-corrected chi connectivity index (χ0v) is 6.87. The number of hydrogen-bond donors (Lipinski definition) is 1. The first kappa shape index (κ1) is 8.27. The van der Waals surface area contributed by atoms with Crippen LogP contribution in [-0.4, -0.2) is 10.3 Å². The predicted molar refractivity (Wildman–Crippen MR) is 41.1 cm³/mol. The van der Waals surface area contributed by atoms with Crippen molar-refractivity contribution in [2.24, 2.45) is 0 Å². The van der Waals surface area contributed by atoms with Crippen molar-refractivity contribution in [2.45, 2.75) is 32.8 Å². The van der Waals surface area contributed by atoms with Crippen LogP contribution in [0, 0.1) is 0 Å². The molecule has 0 aliphatic rings. The maximum absolute atomic E-state index is 9.08. The second-order valence-electron chi connectivity index (χ2n) is 2.64. The van der Waals surface area contributed by atoms with Gasteiger partial charge < -0.3 is 9.63 Å². The molecule has 0 saturated carbocycles. The van der Waals surface area contributed by atoms with E-state index in [0.717, 1.165) is 18.6 Å². The van der Waals surface area contributed by atoms with Gasteiger partial charge >= 0.3 is 0 Å². The highest BCUT2D eigenvalue weighted by Gasteiger charge is 2.07. The van der Waals surface area contributed by atoms with Crippen molar-refractivity contribution >= 4 is 0 Å². The largest absolute Gasteiger partial charge is 0.387 e. The van der Waals surface area contributed by atoms with Crippen molar-refractivity contribution in [3.63, 3.8) is 0 Å². The van der Waals surface area contributed by atoms with E-state index in [2.05, 4.69) is 12.1 Å². The third kappa shape index (κ3) is 2.05. The molecule has 62 valence electrons. The first-order chi connectivity index (χ1) is 5.24. The van der Waals surface area contributed by atoms with Crippen molar-refractivity contribution in [1.82, 2.24) is 5.16 Å². The van der Waals surface area contributed by atoms with E-state index in [1.165, 1.54) is 0 Å². The summed E-state index contributed by atoms with van der Waals surface area (Å²) in [5.41, 5.74) is 0.619. The number of rotatable bonds is 3. The Bertz CT molecular complexity index is 218. The Balaban J connectivity index is 2.66. The molecule has 0 fully saturated rings. The van der Waals surface area contributed by atoms with Gasteiger partial charge in [-0.05, 0) is 13.3 Å². The topological polar surface area (TPSA) is 46.3 Å². The molecule has 1 aromatic rings. The van der Waals surface area contributed by atoms with Gasteiger partial charge in [0, 0.05) is 12.5 Å². The van der Waals surface area contributed by atoms with Gasteiger partial charge in [0.25, 0.3) is 0 Å². The summed E-state index contributed by atoms with van der Waals surface area (Å²) >= 11 is 0. The summed E-state index contributed by atoms with van der Waals surface area (Å²) in [5, 5.41) is 12.8. The van der Waals surface area contributed by atoms with Crippen LogP contribution in [-0.2, 0) is 6.42 Å².